The molecule has 1 aromatic carbocycles. The summed E-state index contributed by atoms with van der Waals surface area (Å²) in [6.07, 6.45) is 5.88. The maximum absolute atomic E-state index is 8.84. The molecule has 1 aliphatic heterocycles. The van der Waals surface area contributed by atoms with Gasteiger partial charge in [0, 0.05) is 18.0 Å². The number of rotatable bonds is 3. The van der Waals surface area contributed by atoms with E-state index in [-0.39, 0.29) is 6.61 Å². The predicted octanol–water partition coefficient (Wildman–Crippen LogP) is 1.35. The minimum absolute atomic E-state index is 0.138. The first-order valence-electron chi connectivity index (χ1n) is 4.97. The highest BCUT2D eigenvalue weighted by Crippen LogP contribution is 2.17. The van der Waals surface area contributed by atoms with Gasteiger partial charge in [-0.1, -0.05) is 30.3 Å². The first-order valence-corrected chi connectivity index (χ1v) is 4.97. The molecule has 0 atom stereocenters. The van der Waals surface area contributed by atoms with Gasteiger partial charge in [0.15, 0.2) is 0 Å². The van der Waals surface area contributed by atoms with Crippen molar-refractivity contribution in [2.45, 2.75) is 0 Å². The van der Waals surface area contributed by atoms with Crippen molar-refractivity contribution >= 4 is 5.57 Å². The number of hydrogen-bond acceptors (Lipinski definition) is 3. The molecule has 0 aliphatic carbocycles. The number of aliphatic hydroxyl groups is 1. The third kappa shape index (κ3) is 2.39. The van der Waals surface area contributed by atoms with Crippen LogP contribution in [0.4, 0.5) is 0 Å². The van der Waals surface area contributed by atoms with Crippen LogP contribution in [0.25, 0.3) is 5.57 Å². The first-order chi connectivity index (χ1) is 7.40. The Labute approximate surface area is 89.3 Å². The summed E-state index contributed by atoms with van der Waals surface area (Å²) in [6.45, 7) is 0.722. The number of allylic oxidation sites excluding steroid dienone is 2. The van der Waals surface area contributed by atoms with Crippen LogP contribution in [-0.2, 0) is 0 Å². The van der Waals surface area contributed by atoms with Crippen LogP contribution in [0.5, 0.6) is 0 Å². The van der Waals surface area contributed by atoms with Crippen LogP contribution >= 0.6 is 0 Å². The van der Waals surface area contributed by atoms with Crippen molar-refractivity contribution in [3.8, 4) is 0 Å². The van der Waals surface area contributed by atoms with E-state index in [1.807, 2.05) is 41.7 Å². The molecule has 3 nitrogen and oxygen atoms in total. The summed E-state index contributed by atoms with van der Waals surface area (Å²) in [6, 6.07) is 10.2. The number of hydrogen-bond donors (Lipinski definition) is 2. The lowest BCUT2D eigenvalue weighted by Gasteiger charge is -2.23. The van der Waals surface area contributed by atoms with Gasteiger partial charge in [-0.3, -0.25) is 5.01 Å². The van der Waals surface area contributed by atoms with Crippen LogP contribution in [0.3, 0.4) is 0 Å². The molecule has 0 bridgehead atoms. The Bertz CT molecular complexity index is 370. The average molecular weight is 202 g/mol. The van der Waals surface area contributed by atoms with E-state index in [9.17, 15) is 0 Å². The largest absolute Gasteiger partial charge is 0.394 e. The van der Waals surface area contributed by atoms with E-state index in [1.54, 1.807) is 0 Å². The molecule has 1 aromatic rings. The lowest BCUT2D eigenvalue weighted by molar-refractivity contribution is 0.213. The molecule has 15 heavy (non-hydrogen) atoms. The summed E-state index contributed by atoms with van der Waals surface area (Å²) in [5, 5.41) is 10.7. The van der Waals surface area contributed by atoms with Gasteiger partial charge in [0.2, 0.25) is 0 Å². The highest BCUT2D eigenvalue weighted by atomic mass is 16.3. The van der Waals surface area contributed by atoms with E-state index in [0.717, 1.165) is 5.57 Å². The molecule has 0 amide bonds. The minimum Gasteiger partial charge on any atom is -0.394 e. The number of aliphatic hydroxyl groups excluding tert-OH is 1. The lowest BCUT2D eigenvalue weighted by Crippen LogP contribution is -2.33. The van der Waals surface area contributed by atoms with E-state index in [1.165, 1.54) is 5.56 Å². The van der Waals surface area contributed by atoms with Crippen molar-refractivity contribution in [2.75, 3.05) is 13.2 Å². The van der Waals surface area contributed by atoms with Crippen LogP contribution in [0, 0.1) is 0 Å². The molecule has 1 heterocycles. The third-order valence-electron chi connectivity index (χ3n) is 2.25. The average Bonchev–Trinajstić information content (AvgIpc) is 2.31. The van der Waals surface area contributed by atoms with Crippen molar-refractivity contribution in [3.63, 3.8) is 0 Å². The molecule has 0 saturated carbocycles. The Balaban J connectivity index is 2.18. The number of β-amino-alcohol motifs (C(OH)–C–C–N with tert-alkyl or cyclic N) is 1. The Morgan fingerprint density at radius 2 is 2.00 bits per heavy atom. The van der Waals surface area contributed by atoms with E-state index < -0.39 is 0 Å². The summed E-state index contributed by atoms with van der Waals surface area (Å²) in [5.41, 5.74) is 5.36. The van der Waals surface area contributed by atoms with Crippen LogP contribution in [0.1, 0.15) is 5.56 Å². The van der Waals surface area contributed by atoms with Crippen LogP contribution in [0.2, 0.25) is 0 Å². The molecular formula is C12H14N2O. The van der Waals surface area contributed by atoms with Crippen molar-refractivity contribution in [2.24, 2.45) is 0 Å². The summed E-state index contributed by atoms with van der Waals surface area (Å²) in [5.74, 6) is 0. The van der Waals surface area contributed by atoms with Gasteiger partial charge in [0.1, 0.15) is 0 Å². The fourth-order valence-corrected chi connectivity index (χ4v) is 1.51. The molecule has 2 rings (SSSR count). The third-order valence-corrected chi connectivity index (χ3v) is 2.25. The molecule has 78 valence electrons. The molecule has 2 N–H and O–H groups in total. The molecule has 0 spiro atoms. The summed E-state index contributed by atoms with van der Waals surface area (Å²) >= 11 is 0. The standard InChI is InChI=1S/C12H14N2O/c15-9-8-14-10-12(6-7-13-14)11-4-2-1-3-5-11/h1-7,10,13,15H,8-9H2. The van der Waals surface area contributed by atoms with Gasteiger partial charge in [-0.15, -0.1) is 0 Å². The second-order valence-corrected chi connectivity index (χ2v) is 3.33. The number of benzene rings is 1. The monoisotopic (exact) mass is 202 g/mol. The van der Waals surface area contributed by atoms with Crippen molar-refractivity contribution < 1.29 is 5.11 Å². The van der Waals surface area contributed by atoms with Crippen molar-refractivity contribution in [1.29, 1.82) is 0 Å². The normalized spacial score (nSPS) is 14.7. The number of nitrogens with one attached hydrogen (secondary N) is 1. The second kappa shape index (κ2) is 4.66. The molecule has 1 aliphatic rings. The quantitative estimate of drug-likeness (QED) is 0.776. The molecule has 3 heteroatoms. The summed E-state index contributed by atoms with van der Waals surface area (Å²) in [4.78, 5) is 0. The van der Waals surface area contributed by atoms with E-state index >= 15 is 0 Å². The zero-order chi connectivity index (χ0) is 10.5. The Morgan fingerprint density at radius 3 is 2.73 bits per heavy atom. The molecular weight excluding hydrogens is 188 g/mol. The number of hydrazine groups is 1. The SMILES string of the molecule is OCCN1C=C(c2ccccc2)C=CN1. The van der Waals surface area contributed by atoms with Gasteiger partial charge in [-0.05, 0) is 11.6 Å². The molecule has 0 unspecified atom stereocenters. The Kier molecular flexibility index (Phi) is 3.05. The smallest absolute Gasteiger partial charge is 0.0626 e. The first kappa shape index (κ1) is 9.80. The van der Waals surface area contributed by atoms with Crippen LogP contribution in [-0.4, -0.2) is 23.3 Å². The molecule has 0 fully saturated rings. The summed E-state index contributed by atoms with van der Waals surface area (Å²) in [7, 11) is 0. The van der Waals surface area contributed by atoms with Crippen LogP contribution in [0.15, 0.2) is 48.8 Å². The maximum atomic E-state index is 8.84. The van der Waals surface area contributed by atoms with Crippen LogP contribution < -0.4 is 5.43 Å². The highest BCUT2D eigenvalue weighted by molar-refractivity contribution is 5.74. The zero-order valence-electron chi connectivity index (χ0n) is 8.43. The van der Waals surface area contributed by atoms with Gasteiger partial charge in [-0.2, -0.15) is 0 Å². The molecule has 0 aromatic heterocycles. The van der Waals surface area contributed by atoms with E-state index in [4.69, 9.17) is 5.11 Å². The van der Waals surface area contributed by atoms with Gasteiger partial charge in [0.25, 0.3) is 0 Å². The fourth-order valence-electron chi connectivity index (χ4n) is 1.51. The zero-order valence-corrected chi connectivity index (χ0v) is 8.43. The summed E-state index contributed by atoms with van der Waals surface area (Å²) < 4.78 is 0. The van der Waals surface area contributed by atoms with Gasteiger partial charge in [-0.25, -0.2) is 0 Å². The predicted molar refractivity (Wildman–Crippen MR) is 60.5 cm³/mol. The highest BCUT2D eigenvalue weighted by Gasteiger charge is 2.04. The minimum atomic E-state index is 0.138. The van der Waals surface area contributed by atoms with Gasteiger partial charge in [0.05, 0.1) is 13.2 Å². The van der Waals surface area contributed by atoms with Gasteiger partial charge >= 0.3 is 0 Å². The lowest BCUT2D eigenvalue weighted by atomic mass is 10.1. The number of nitrogens with zero attached hydrogens (tertiary/aromatic N) is 1. The Morgan fingerprint density at radius 1 is 1.20 bits per heavy atom. The van der Waals surface area contributed by atoms with Crippen molar-refractivity contribution in [3.05, 3.63) is 54.4 Å². The van der Waals surface area contributed by atoms with Gasteiger partial charge < -0.3 is 10.5 Å². The maximum Gasteiger partial charge on any atom is 0.0626 e. The molecule has 0 radical (unpaired) electrons. The van der Waals surface area contributed by atoms with Crippen molar-refractivity contribution in [1.82, 2.24) is 10.4 Å². The Hall–Kier alpha value is -1.74. The molecule has 0 saturated heterocycles. The topological polar surface area (TPSA) is 35.5 Å². The van der Waals surface area contributed by atoms with E-state index in [2.05, 4.69) is 17.6 Å². The second-order valence-electron chi connectivity index (χ2n) is 3.33. The fraction of sp³-hybridized carbons (Fsp3) is 0.167. The van der Waals surface area contributed by atoms with E-state index in [0.29, 0.717) is 6.54 Å².